The molecule has 0 saturated carbocycles. The second-order valence-electron chi connectivity index (χ2n) is 6.94. The highest BCUT2D eigenvalue weighted by Crippen LogP contribution is 2.37. The number of thiazole rings is 1. The molecule has 0 spiro atoms. The van der Waals surface area contributed by atoms with E-state index in [0.29, 0.717) is 28.4 Å². The van der Waals surface area contributed by atoms with Gasteiger partial charge in [-0.1, -0.05) is 18.3 Å². The fourth-order valence-electron chi connectivity index (χ4n) is 3.12. The normalized spacial score (nSPS) is 14.1. The Morgan fingerprint density at radius 3 is 2.47 bits per heavy atom. The topological polar surface area (TPSA) is 90.2 Å². The minimum atomic E-state index is -3.55. The first-order chi connectivity index (χ1) is 14.3. The summed E-state index contributed by atoms with van der Waals surface area (Å²) in [7, 11) is -0.625. The van der Waals surface area contributed by atoms with E-state index >= 15 is 0 Å². The van der Waals surface area contributed by atoms with E-state index in [-0.39, 0.29) is 11.7 Å². The predicted molar refractivity (Wildman–Crippen MR) is 113 cm³/mol. The number of benzene rings is 2. The molecule has 0 atom stereocenters. The van der Waals surface area contributed by atoms with E-state index in [9.17, 15) is 13.2 Å². The Labute approximate surface area is 178 Å². The van der Waals surface area contributed by atoms with E-state index < -0.39 is 15.9 Å². The average molecular weight is 448 g/mol. The van der Waals surface area contributed by atoms with E-state index in [0.717, 1.165) is 20.9 Å². The maximum Gasteiger partial charge on any atom is 0.279 e. The second kappa shape index (κ2) is 7.86. The van der Waals surface area contributed by atoms with Gasteiger partial charge in [0.25, 0.3) is 5.91 Å². The molecule has 1 aromatic heterocycles. The van der Waals surface area contributed by atoms with Crippen LogP contribution in [0, 0.1) is 0 Å². The molecule has 0 saturated heterocycles. The summed E-state index contributed by atoms with van der Waals surface area (Å²) in [5.41, 5.74) is 1.26. The monoisotopic (exact) mass is 447 g/mol. The maximum atomic E-state index is 12.8. The van der Waals surface area contributed by atoms with Crippen molar-refractivity contribution < 1.29 is 22.7 Å². The first kappa shape index (κ1) is 20.6. The molecule has 10 heteroatoms. The van der Waals surface area contributed by atoms with Crippen LogP contribution in [0.15, 0.2) is 46.3 Å². The molecule has 30 heavy (non-hydrogen) atoms. The van der Waals surface area contributed by atoms with Crippen molar-refractivity contribution in [3.05, 3.63) is 46.8 Å². The van der Waals surface area contributed by atoms with Gasteiger partial charge in [0.05, 0.1) is 15.1 Å². The van der Waals surface area contributed by atoms with Gasteiger partial charge in [0, 0.05) is 38.3 Å². The van der Waals surface area contributed by atoms with Gasteiger partial charge in [0.1, 0.15) is 0 Å². The van der Waals surface area contributed by atoms with Crippen LogP contribution >= 0.6 is 11.3 Å². The van der Waals surface area contributed by atoms with Crippen LogP contribution in [-0.4, -0.2) is 44.1 Å². The first-order valence-corrected chi connectivity index (χ1v) is 11.6. The van der Waals surface area contributed by atoms with Gasteiger partial charge in [-0.2, -0.15) is 4.99 Å². The van der Waals surface area contributed by atoms with Crippen molar-refractivity contribution in [2.45, 2.75) is 24.8 Å². The maximum absolute atomic E-state index is 12.8. The van der Waals surface area contributed by atoms with Gasteiger partial charge in [-0.25, -0.2) is 12.7 Å². The van der Waals surface area contributed by atoms with Crippen LogP contribution in [0.25, 0.3) is 10.2 Å². The van der Waals surface area contributed by atoms with Crippen molar-refractivity contribution >= 4 is 37.5 Å². The highest BCUT2D eigenvalue weighted by atomic mass is 32.2. The van der Waals surface area contributed by atoms with Crippen LogP contribution in [0.4, 0.5) is 0 Å². The van der Waals surface area contributed by atoms with Crippen molar-refractivity contribution in [3.8, 4) is 11.5 Å². The lowest BCUT2D eigenvalue weighted by molar-refractivity contribution is 0.0997. The molecule has 1 aliphatic rings. The van der Waals surface area contributed by atoms with Gasteiger partial charge in [-0.05, 0) is 30.7 Å². The number of aryl methyl sites for hydroxylation is 1. The van der Waals surface area contributed by atoms with Crippen molar-refractivity contribution in [2.75, 3.05) is 20.9 Å². The van der Waals surface area contributed by atoms with E-state index in [1.165, 1.54) is 49.7 Å². The Bertz CT molecular complexity index is 1290. The van der Waals surface area contributed by atoms with Crippen LogP contribution in [0.1, 0.15) is 23.7 Å². The number of aromatic nitrogens is 1. The number of carbonyl (C=O) groups is 1. The first-order valence-electron chi connectivity index (χ1n) is 9.36. The summed E-state index contributed by atoms with van der Waals surface area (Å²) in [5.74, 6) is 0.934. The van der Waals surface area contributed by atoms with Crippen molar-refractivity contribution in [1.29, 1.82) is 0 Å². The second-order valence-corrected chi connectivity index (χ2v) is 10.1. The van der Waals surface area contributed by atoms with Gasteiger partial charge in [-0.15, -0.1) is 0 Å². The summed E-state index contributed by atoms with van der Waals surface area (Å²) in [6.45, 7) is 2.96. The highest BCUT2D eigenvalue weighted by molar-refractivity contribution is 7.89. The standard InChI is InChI=1S/C20H21N3O5S2/c1-4-9-23-15-10-16-17(28-12-27-16)11-18(15)29-20(23)21-19(24)13-5-7-14(8-6-13)30(25,26)22(2)3/h5-8,10-11H,4,9,12H2,1-3H3. The van der Waals surface area contributed by atoms with E-state index in [4.69, 9.17) is 9.47 Å². The lowest BCUT2D eigenvalue weighted by Gasteiger charge is -2.11. The van der Waals surface area contributed by atoms with E-state index in [1.807, 2.05) is 16.7 Å². The summed E-state index contributed by atoms with van der Waals surface area (Å²) < 4.78 is 39.4. The van der Waals surface area contributed by atoms with Gasteiger partial charge in [0.2, 0.25) is 16.8 Å². The number of hydrogen-bond acceptors (Lipinski definition) is 6. The molecule has 0 bridgehead atoms. The number of hydrogen-bond donors (Lipinski definition) is 0. The Morgan fingerprint density at radius 1 is 1.17 bits per heavy atom. The summed E-state index contributed by atoms with van der Waals surface area (Å²) in [5, 5.41) is 0. The smallest absolute Gasteiger partial charge is 0.279 e. The van der Waals surface area contributed by atoms with E-state index in [2.05, 4.69) is 11.9 Å². The lowest BCUT2D eigenvalue weighted by Crippen LogP contribution is -2.22. The molecule has 0 N–H and O–H groups in total. The SMILES string of the molecule is CCCn1c(=NC(=O)c2ccc(S(=O)(=O)N(C)C)cc2)sc2cc3c(cc21)OCO3. The molecule has 2 heterocycles. The minimum absolute atomic E-state index is 0.126. The fraction of sp³-hybridized carbons (Fsp3) is 0.300. The molecule has 4 rings (SSSR count). The fourth-order valence-corrected chi connectivity index (χ4v) is 5.08. The Balaban J connectivity index is 1.74. The number of nitrogens with zero attached hydrogens (tertiary/aromatic N) is 3. The summed E-state index contributed by atoms with van der Waals surface area (Å²) >= 11 is 1.40. The van der Waals surface area contributed by atoms with E-state index in [1.54, 1.807) is 0 Å². The molecule has 3 aromatic rings. The number of carbonyl (C=O) groups excluding carboxylic acids is 1. The molecule has 0 radical (unpaired) electrons. The predicted octanol–water partition coefficient (Wildman–Crippen LogP) is 2.83. The van der Waals surface area contributed by atoms with Crippen molar-refractivity contribution in [1.82, 2.24) is 8.87 Å². The van der Waals surface area contributed by atoms with Crippen molar-refractivity contribution in [3.63, 3.8) is 0 Å². The van der Waals surface area contributed by atoms with Crippen LogP contribution in [-0.2, 0) is 16.6 Å². The minimum Gasteiger partial charge on any atom is -0.454 e. The van der Waals surface area contributed by atoms with Crippen LogP contribution in [0.5, 0.6) is 11.5 Å². The summed E-state index contributed by atoms with van der Waals surface area (Å²) in [6.07, 6.45) is 0.874. The molecule has 158 valence electrons. The molecule has 1 aliphatic heterocycles. The molecular formula is C20H21N3O5S2. The third-order valence-electron chi connectivity index (χ3n) is 4.70. The van der Waals surface area contributed by atoms with Crippen molar-refractivity contribution in [2.24, 2.45) is 4.99 Å². The zero-order valence-corrected chi connectivity index (χ0v) is 18.4. The molecule has 1 amide bonds. The number of amides is 1. The Hall–Kier alpha value is -2.69. The van der Waals surface area contributed by atoms with Gasteiger partial charge < -0.3 is 14.0 Å². The lowest BCUT2D eigenvalue weighted by atomic mass is 10.2. The van der Waals surface area contributed by atoms with Crippen LogP contribution < -0.4 is 14.3 Å². The molecular weight excluding hydrogens is 426 g/mol. The largest absolute Gasteiger partial charge is 0.454 e. The third-order valence-corrected chi connectivity index (χ3v) is 7.57. The molecule has 0 aliphatic carbocycles. The third kappa shape index (κ3) is 3.62. The Morgan fingerprint density at radius 2 is 1.83 bits per heavy atom. The summed E-state index contributed by atoms with van der Waals surface area (Å²) in [6, 6.07) is 9.61. The molecule has 0 fully saturated rings. The highest BCUT2D eigenvalue weighted by Gasteiger charge is 2.19. The van der Waals surface area contributed by atoms with Crippen LogP contribution in [0.3, 0.4) is 0 Å². The number of ether oxygens (including phenoxy) is 2. The zero-order chi connectivity index (χ0) is 21.5. The average Bonchev–Trinajstić information content (AvgIpc) is 3.30. The number of sulfonamides is 1. The number of fused-ring (bicyclic) bond motifs is 2. The van der Waals surface area contributed by atoms with Crippen LogP contribution in [0.2, 0.25) is 0 Å². The van der Waals surface area contributed by atoms with Gasteiger partial charge in [-0.3, -0.25) is 4.79 Å². The Kier molecular flexibility index (Phi) is 5.39. The molecule has 2 aromatic carbocycles. The number of rotatable bonds is 5. The quantitative estimate of drug-likeness (QED) is 0.600. The molecule has 8 nitrogen and oxygen atoms in total. The zero-order valence-electron chi connectivity index (χ0n) is 16.8. The van der Waals surface area contributed by atoms with Gasteiger partial charge in [0.15, 0.2) is 16.3 Å². The summed E-state index contributed by atoms with van der Waals surface area (Å²) in [4.78, 5) is 17.8. The van der Waals surface area contributed by atoms with Gasteiger partial charge >= 0.3 is 0 Å². The molecule has 0 unspecified atom stereocenters.